The van der Waals surface area contributed by atoms with Crippen molar-refractivity contribution in [1.29, 1.82) is 0 Å². The lowest BCUT2D eigenvalue weighted by molar-refractivity contribution is -0.132. The van der Waals surface area contributed by atoms with Gasteiger partial charge in [-0.15, -0.1) is 0 Å². The average Bonchev–Trinajstić information content (AvgIpc) is 3.49. The smallest absolute Gasteiger partial charge is 0.328 e. The lowest BCUT2D eigenvalue weighted by Crippen LogP contribution is -2.49. The van der Waals surface area contributed by atoms with Gasteiger partial charge in [0.25, 0.3) is 11.8 Å². The van der Waals surface area contributed by atoms with E-state index in [0.717, 1.165) is 16.0 Å². The molecular weight excluding hydrogens is 560 g/mol. The largest absolute Gasteiger partial charge is 0.395 e. The maximum absolute atomic E-state index is 13.4. The summed E-state index contributed by atoms with van der Waals surface area (Å²) in [6.45, 7) is -0.658. The predicted molar refractivity (Wildman–Crippen MR) is 162 cm³/mol. The van der Waals surface area contributed by atoms with Crippen molar-refractivity contribution in [3.8, 4) is 0 Å². The summed E-state index contributed by atoms with van der Waals surface area (Å²) in [4.78, 5) is 52.6. The van der Waals surface area contributed by atoms with Crippen LogP contribution in [0, 0.1) is 0 Å². The monoisotopic (exact) mass is 592 g/mol. The highest BCUT2D eigenvalue weighted by atomic mass is 16.3. The molecule has 2 aliphatic rings. The van der Waals surface area contributed by atoms with Crippen LogP contribution in [0.2, 0.25) is 0 Å². The molecule has 6 rings (SSSR count). The lowest BCUT2D eigenvalue weighted by Gasteiger charge is -2.36. The van der Waals surface area contributed by atoms with Crippen molar-refractivity contribution in [2.45, 2.75) is 11.1 Å². The number of amides is 6. The van der Waals surface area contributed by atoms with Gasteiger partial charge in [-0.05, 0) is 22.3 Å². The molecule has 0 unspecified atom stereocenters. The van der Waals surface area contributed by atoms with Crippen molar-refractivity contribution in [3.05, 3.63) is 144 Å². The van der Waals surface area contributed by atoms with Gasteiger partial charge in [0.05, 0.1) is 19.8 Å². The van der Waals surface area contributed by atoms with E-state index < -0.39 is 29.0 Å². The molecule has 44 heavy (non-hydrogen) atoms. The number of hydrogen-bond acceptors (Lipinski definition) is 6. The number of nitrogens with one attached hydrogen (secondary N) is 2. The van der Waals surface area contributed by atoms with E-state index in [9.17, 15) is 29.4 Å². The molecular formula is C34H32N4O6. The summed E-state index contributed by atoms with van der Waals surface area (Å²) < 4.78 is 0. The number of carbonyl (C=O) groups is 4. The van der Waals surface area contributed by atoms with Gasteiger partial charge in [0.2, 0.25) is 0 Å². The maximum Gasteiger partial charge on any atom is 0.328 e. The van der Waals surface area contributed by atoms with E-state index in [4.69, 9.17) is 0 Å². The van der Waals surface area contributed by atoms with Crippen molar-refractivity contribution in [3.63, 3.8) is 0 Å². The normalized spacial score (nSPS) is 16.7. The molecule has 2 aliphatic heterocycles. The van der Waals surface area contributed by atoms with Crippen LogP contribution in [-0.4, -0.2) is 70.2 Å². The molecule has 6 amide bonds. The van der Waals surface area contributed by atoms with Crippen LogP contribution in [0.4, 0.5) is 9.59 Å². The minimum atomic E-state index is -1.35. The highest BCUT2D eigenvalue weighted by Crippen LogP contribution is 2.43. The minimum Gasteiger partial charge on any atom is -0.395 e. The quantitative estimate of drug-likeness (QED) is 0.232. The Bertz CT molecular complexity index is 1540. The molecule has 0 atom stereocenters. The van der Waals surface area contributed by atoms with Crippen molar-refractivity contribution in [1.82, 2.24) is 20.4 Å². The maximum atomic E-state index is 13.4. The van der Waals surface area contributed by atoms with Gasteiger partial charge < -0.3 is 15.5 Å². The fraction of sp³-hybridized carbons (Fsp3) is 0.176. The van der Waals surface area contributed by atoms with E-state index in [1.807, 2.05) is 97.1 Å². The van der Waals surface area contributed by atoms with Crippen LogP contribution in [0.15, 0.2) is 121 Å². The number of aliphatic hydroxyl groups excluding tert-OH is 2. The third kappa shape index (κ3) is 5.10. The second-order valence-electron chi connectivity index (χ2n) is 10.2. The molecule has 0 bridgehead atoms. The van der Waals surface area contributed by atoms with Gasteiger partial charge in [-0.1, -0.05) is 121 Å². The van der Waals surface area contributed by atoms with E-state index in [-0.39, 0.29) is 32.2 Å². The summed E-state index contributed by atoms with van der Waals surface area (Å²) >= 11 is 0. The number of urea groups is 2. The van der Waals surface area contributed by atoms with Gasteiger partial charge in [0.1, 0.15) is 0 Å². The van der Waals surface area contributed by atoms with Crippen LogP contribution < -0.4 is 10.6 Å². The number of aliphatic hydroxyl groups is 2. The third-order valence-electron chi connectivity index (χ3n) is 7.73. The van der Waals surface area contributed by atoms with Crippen molar-refractivity contribution in [2.24, 2.45) is 0 Å². The molecule has 4 N–H and O–H groups in total. The molecule has 4 aromatic carbocycles. The standard InChI is InChI=1S/C19H20N2O4.C15H12N2O2/c22-13-11-20-17(24)19(15-7-3-1-4-8-15,16-9-5-2-6-10-16)21(12-14-23)18(20)25;18-13-15(17-14(19)16-13,11-7-3-1-4-8-11)12-9-5-2-6-10-12/h1-10,22-23H,11-14H2;1-10H,(H2,16,17,18,19). The van der Waals surface area contributed by atoms with Gasteiger partial charge in [0, 0.05) is 6.54 Å². The SMILES string of the molecule is O=C1N(CCO)C(=O)C(c2ccccc2)(c2ccccc2)N1CCO.O=C1NC(=O)C(c2ccccc2)(c2ccccc2)N1. The van der Waals surface area contributed by atoms with Crippen LogP contribution in [0.1, 0.15) is 22.3 Å². The average molecular weight is 593 g/mol. The zero-order valence-corrected chi connectivity index (χ0v) is 23.8. The van der Waals surface area contributed by atoms with Gasteiger partial charge in [-0.3, -0.25) is 24.7 Å². The molecule has 0 radical (unpaired) electrons. The summed E-state index contributed by atoms with van der Waals surface area (Å²) in [5.41, 5.74) is 0.285. The first kappa shape index (κ1) is 30.1. The van der Waals surface area contributed by atoms with E-state index in [2.05, 4.69) is 10.6 Å². The van der Waals surface area contributed by atoms with E-state index in [0.29, 0.717) is 11.1 Å². The number of rotatable bonds is 8. The van der Waals surface area contributed by atoms with Crippen molar-refractivity contribution < 1.29 is 29.4 Å². The second-order valence-corrected chi connectivity index (χ2v) is 10.2. The molecule has 0 spiro atoms. The summed E-state index contributed by atoms with van der Waals surface area (Å²) in [5.74, 6) is -0.771. The Kier molecular flexibility index (Phi) is 8.84. The first-order valence-electron chi connectivity index (χ1n) is 14.1. The Hall–Kier alpha value is -5.32. The predicted octanol–water partition coefficient (Wildman–Crippen LogP) is 2.95. The number of imide groups is 2. The number of carbonyl (C=O) groups excluding carboxylic acids is 4. The van der Waals surface area contributed by atoms with Crippen LogP contribution in [-0.2, 0) is 20.7 Å². The van der Waals surface area contributed by atoms with Crippen LogP contribution in [0.3, 0.4) is 0 Å². The molecule has 4 aromatic rings. The van der Waals surface area contributed by atoms with E-state index in [1.165, 1.54) is 4.90 Å². The summed E-state index contributed by atoms with van der Waals surface area (Å²) in [6.07, 6.45) is 0. The van der Waals surface area contributed by atoms with Crippen molar-refractivity contribution in [2.75, 3.05) is 26.3 Å². The minimum absolute atomic E-state index is 0.0102. The Balaban J connectivity index is 0.000000181. The fourth-order valence-corrected chi connectivity index (χ4v) is 5.84. The van der Waals surface area contributed by atoms with Crippen molar-refractivity contribution >= 4 is 23.9 Å². The molecule has 2 heterocycles. The Morgan fingerprint density at radius 3 is 1.34 bits per heavy atom. The highest BCUT2D eigenvalue weighted by Gasteiger charge is 2.59. The molecule has 2 fully saturated rings. The molecule has 0 aromatic heterocycles. The number of hydrogen-bond donors (Lipinski definition) is 4. The molecule has 10 heteroatoms. The van der Waals surface area contributed by atoms with Gasteiger partial charge in [-0.2, -0.15) is 0 Å². The molecule has 224 valence electrons. The second kappa shape index (κ2) is 12.9. The summed E-state index contributed by atoms with van der Waals surface area (Å²) in [5, 5.41) is 23.8. The molecule has 0 aliphatic carbocycles. The van der Waals surface area contributed by atoms with Crippen LogP contribution in [0.5, 0.6) is 0 Å². The molecule has 10 nitrogen and oxygen atoms in total. The number of benzene rings is 4. The third-order valence-corrected chi connectivity index (χ3v) is 7.73. The van der Waals surface area contributed by atoms with E-state index in [1.54, 1.807) is 24.3 Å². The first-order chi connectivity index (χ1) is 21.4. The zero-order valence-electron chi connectivity index (χ0n) is 23.8. The highest BCUT2D eigenvalue weighted by molar-refractivity contribution is 6.10. The number of nitrogens with zero attached hydrogens (tertiary/aromatic N) is 2. The lowest BCUT2D eigenvalue weighted by atomic mass is 9.81. The molecule has 0 saturated carbocycles. The van der Waals surface area contributed by atoms with Gasteiger partial charge in [0.15, 0.2) is 11.1 Å². The van der Waals surface area contributed by atoms with Gasteiger partial charge in [-0.25, -0.2) is 9.59 Å². The Morgan fingerprint density at radius 1 is 0.568 bits per heavy atom. The van der Waals surface area contributed by atoms with Crippen LogP contribution in [0.25, 0.3) is 0 Å². The fourth-order valence-electron chi connectivity index (χ4n) is 5.84. The number of β-amino-alcohol motifs (C(OH)–C–C–N with tert-alkyl or cyclic N) is 2. The zero-order chi connectivity index (χ0) is 31.2. The first-order valence-corrected chi connectivity index (χ1v) is 14.1. The Morgan fingerprint density at radius 2 is 0.977 bits per heavy atom. The molecule has 2 saturated heterocycles. The topological polar surface area (TPSA) is 139 Å². The van der Waals surface area contributed by atoms with Gasteiger partial charge >= 0.3 is 12.1 Å². The van der Waals surface area contributed by atoms with E-state index >= 15 is 0 Å². The summed E-state index contributed by atoms with van der Waals surface area (Å²) in [6, 6.07) is 35.6. The summed E-state index contributed by atoms with van der Waals surface area (Å²) in [7, 11) is 0. The Labute approximate surface area is 254 Å². The van der Waals surface area contributed by atoms with Crippen LogP contribution >= 0.6 is 0 Å².